The summed E-state index contributed by atoms with van der Waals surface area (Å²) in [4.78, 5) is 32.4. The molecule has 0 N–H and O–H groups in total. The first-order valence-corrected chi connectivity index (χ1v) is 11.0. The number of carbonyl (C=O) groups is 2. The van der Waals surface area contributed by atoms with E-state index in [4.69, 9.17) is 4.74 Å². The molecule has 0 atom stereocenters. The van der Waals surface area contributed by atoms with Crippen molar-refractivity contribution in [1.82, 2.24) is 4.98 Å². The van der Waals surface area contributed by atoms with E-state index in [1.54, 1.807) is 49.6 Å². The van der Waals surface area contributed by atoms with Crippen molar-refractivity contribution < 1.29 is 14.3 Å². The summed E-state index contributed by atoms with van der Waals surface area (Å²) in [5.41, 5.74) is 2.51. The molecule has 0 unspecified atom stereocenters. The van der Waals surface area contributed by atoms with Gasteiger partial charge in [0, 0.05) is 21.6 Å². The molecule has 5 nitrogen and oxygen atoms in total. The number of methoxy groups -OCH3 is 1. The Labute approximate surface area is 194 Å². The molecule has 1 aromatic heterocycles. The van der Waals surface area contributed by atoms with Crippen LogP contribution in [0.2, 0.25) is 0 Å². The maximum absolute atomic E-state index is 13.6. The topological polar surface area (TPSA) is 80.0 Å². The molecule has 158 valence electrons. The zero-order valence-electron chi connectivity index (χ0n) is 17.5. The summed E-state index contributed by atoms with van der Waals surface area (Å²) in [7, 11) is 1.55. The van der Waals surface area contributed by atoms with E-state index in [-0.39, 0.29) is 22.8 Å². The van der Waals surface area contributed by atoms with Gasteiger partial charge < -0.3 is 4.74 Å². The molecule has 0 fully saturated rings. The molecule has 0 spiro atoms. The molecule has 0 aliphatic heterocycles. The number of fused-ring (bicyclic) bond motifs is 3. The van der Waals surface area contributed by atoms with Crippen LogP contribution in [0.1, 0.15) is 37.5 Å². The number of nitriles is 1. The molecular formula is C27H16N2O3S. The van der Waals surface area contributed by atoms with Crippen molar-refractivity contribution in [1.29, 1.82) is 5.26 Å². The lowest BCUT2D eigenvalue weighted by Gasteiger charge is -2.13. The molecule has 6 heteroatoms. The Bertz CT molecular complexity index is 1460. The zero-order valence-corrected chi connectivity index (χ0v) is 18.3. The predicted molar refractivity (Wildman–Crippen MR) is 125 cm³/mol. The number of hydrogen-bond acceptors (Lipinski definition) is 6. The molecule has 0 amide bonds. The summed E-state index contributed by atoms with van der Waals surface area (Å²) < 4.78 is 5.18. The lowest BCUT2D eigenvalue weighted by Crippen LogP contribution is -2.13. The van der Waals surface area contributed by atoms with Crippen LogP contribution in [0.5, 0.6) is 5.75 Å². The van der Waals surface area contributed by atoms with Crippen LogP contribution in [0, 0.1) is 11.3 Å². The van der Waals surface area contributed by atoms with Crippen molar-refractivity contribution in [3.63, 3.8) is 0 Å². The second-order valence-corrected chi connectivity index (χ2v) is 8.41. The predicted octanol–water partition coefficient (Wildman–Crippen LogP) is 5.56. The van der Waals surface area contributed by atoms with Gasteiger partial charge in [0.1, 0.15) is 22.5 Å². The molecule has 1 heterocycles. The van der Waals surface area contributed by atoms with E-state index in [0.29, 0.717) is 38.6 Å². The number of benzene rings is 3. The average molecular weight is 449 g/mol. The van der Waals surface area contributed by atoms with E-state index in [1.165, 1.54) is 11.8 Å². The summed E-state index contributed by atoms with van der Waals surface area (Å²) in [6, 6.07) is 25.5. The molecule has 0 bridgehead atoms. The largest absolute Gasteiger partial charge is 0.497 e. The highest BCUT2D eigenvalue weighted by atomic mass is 32.2. The molecule has 4 aromatic rings. The number of ether oxygens (including phenoxy) is 1. The third kappa shape index (κ3) is 3.49. The van der Waals surface area contributed by atoms with Gasteiger partial charge in [0.25, 0.3) is 0 Å². The Hall–Kier alpha value is -4.21. The minimum absolute atomic E-state index is 0.0498. The fraction of sp³-hybridized carbons (Fsp3) is 0.0370. The molecule has 0 saturated carbocycles. The monoisotopic (exact) mass is 448 g/mol. The molecule has 5 rings (SSSR count). The third-order valence-corrected chi connectivity index (χ3v) is 6.47. The Morgan fingerprint density at radius 1 is 0.909 bits per heavy atom. The zero-order chi connectivity index (χ0) is 22.9. The number of pyridine rings is 1. The van der Waals surface area contributed by atoms with Gasteiger partial charge in [-0.15, -0.1) is 0 Å². The van der Waals surface area contributed by atoms with Crippen LogP contribution in [0.25, 0.3) is 11.1 Å². The standard InChI is InChI=1S/C27H16N2O3S/c1-32-17-13-11-16(12-14-17)25(30)24-23-22(19-9-5-6-10-20(19)26(23)31)21(15-28)27(29-24)33-18-7-3-2-4-8-18/h2-14H,1H3. The maximum Gasteiger partial charge on any atom is 0.212 e. The van der Waals surface area contributed by atoms with E-state index in [2.05, 4.69) is 11.1 Å². The second-order valence-electron chi connectivity index (χ2n) is 7.35. The average Bonchev–Trinajstić information content (AvgIpc) is 3.16. The third-order valence-electron chi connectivity index (χ3n) is 5.47. The number of carbonyl (C=O) groups excluding carboxylic acids is 2. The van der Waals surface area contributed by atoms with Crippen molar-refractivity contribution in [3.8, 4) is 22.9 Å². The van der Waals surface area contributed by atoms with Gasteiger partial charge in [-0.05, 0) is 42.0 Å². The molecule has 3 aromatic carbocycles. The minimum atomic E-state index is -0.380. The van der Waals surface area contributed by atoms with E-state index in [9.17, 15) is 14.9 Å². The van der Waals surface area contributed by atoms with Gasteiger partial charge in [-0.3, -0.25) is 9.59 Å². The summed E-state index contributed by atoms with van der Waals surface area (Å²) in [6.07, 6.45) is 0. The van der Waals surface area contributed by atoms with Crippen molar-refractivity contribution >= 4 is 23.3 Å². The SMILES string of the molecule is COc1ccc(C(=O)c2nc(Sc3ccccc3)c(C#N)c3c2C(=O)c2ccccc2-3)cc1. The van der Waals surface area contributed by atoms with Crippen LogP contribution in [0.4, 0.5) is 0 Å². The Balaban J connectivity index is 1.75. The van der Waals surface area contributed by atoms with Crippen molar-refractivity contribution in [2.24, 2.45) is 0 Å². The molecule has 1 aliphatic carbocycles. The van der Waals surface area contributed by atoms with Crippen LogP contribution in [-0.4, -0.2) is 23.7 Å². The first kappa shape index (κ1) is 20.7. The quantitative estimate of drug-likeness (QED) is 0.328. The molecule has 0 radical (unpaired) electrons. The summed E-state index contributed by atoms with van der Waals surface area (Å²) in [5, 5.41) is 10.5. The van der Waals surface area contributed by atoms with Crippen molar-refractivity contribution in [2.45, 2.75) is 9.92 Å². The number of aromatic nitrogens is 1. The van der Waals surface area contributed by atoms with Gasteiger partial charge in [0.05, 0.1) is 18.2 Å². The van der Waals surface area contributed by atoms with Crippen LogP contribution in [0.3, 0.4) is 0 Å². The number of ketones is 2. The van der Waals surface area contributed by atoms with Gasteiger partial charge >= 0.3 is 0 Å². The number of nitrogens with zero attached hydrogens (tertiary/aromatic N) is 2. The second kappa shape index (κ2) is 8.38. The first-order valence-electron chi connectivity index (χ1n) is 10.2. The summed E-state index contributed by atoms with van der Waals surface area (Å²) in [5.74, 6) is -0.0550. The number of hydrogen-bond donors (Lipinski definition) is 0. The van der Waals surface area contributed by atoms with Gasteiger partial charge in [-0.2, -0.15) is 5.26 Å². The van der Waals surface area contributed by atoms with E-state index < -0.39 is 0 Å². The summed E-state index contributed by atoms with van der Waals surface area (Å²) >= 11 is 1.30. The smallest absolute Gasteiger partial charge is 0.212 e. The fourth-order valence-corrected chi connectivity index (χ4v) is 4.81. The van der Waals surface area contributed by atoms with Crippen LogP contribution >= 0.6 is 11.8 Å². The Morgan fingerprint density at radius 2 is 1.58 bits per heavy atom. The van der Waals surface area contributed by atoms with Crippen molar-refractivity contribution in [2.75, 3.05) is 7.11 Å². The normalized spacial score (nSPS) is 11.5. The van der Waals surface area contributed by atoms with Crippen LogP contribution in [-0.2, 0) is 0 Å². The highest BCUT2D eigenvalue weighted by Gasteiger charge is 2.36. The lowest BCUT2D eigenvalue weighted by molar-refractivity contribution is 0.100. The van der Waals surface area contributed by atoms with Crippen LogP contribution < -0.4 is 4.74 Å². The molecule has 1 aliphatic rings. The van der Waals surface area contributed by atoms with Crippen molar-refractivity contribution in [3.05, 3.63) is 107 Å². The Kier molecular flexibility index (Phi) is 5.25. The maximum atomic E-state index is 13.6. The Morgan fingerprint density at radius 3 is 2.24 bits per heavy atom. The molecular weight excluding hydrogens is 432 g/mol. The first-order chi connectivity index (χ1) is 16.1. The van der Waals surface area contributed by atoms with Gasteiger partial charge in [-0.25, -0.2) is 4.98 Å². The molecule has 0 saturated heterocycles. The van der Waals surface area contributed by atoms with E-state index in [0.717, 1.165) is 4.90 Å². The van der Waals surface area contributed by atoms with E-state index >= 15 is 0 Å². The van der Waals surface area contributed by atoms with Gasteiger partial charge in [0.15, 0.2) is 5.78 Å². The highest BCUT2D eigenvalue weighted by molar-refractivity contribution is 7.99. The fourth-order valence-electron chi connectivity index (χ4n) is 3.91. The van der Waals surface area contributed by atoms with E-state index in [1.807, 2.05) is 36.4 Å². The highest BCUT2D eigenvalue weighted by Crippen LogP contribution is 2.44. The summed E-state index contributed by atoms with van der Waals surface area (Å²) in [6.45, 7) is 0. The van der Waals surface area contributed by atoms with Gasteiger partial charge in [0.2, 0.25) is 5.78 Å². The van der Waals surface area contributed by atoms with Gasteiger partial charge in [-0.1, -0.05) is 54.2 Å². The molecule has 33 heavy (non-hydrogen) atoms. The van der Waals surface area contributed by atoms with Crippen LogP contribution in [0.15, 0.2) is 88.8 Å². The lowest BCUT2D eigenvalue weighted by atomic mass is 9.97. The number of rotatable bonds is 5. The minimum Gasteiger partial charge on any atom is -0.497 e.